The molecule has 1 fully saturated rings. The van der Waals surface area contributed by atoms with E-state index in [1.165, 1.54) is 16.7 Å². The fourth-order valence-electron chi connectivity index (χ4n) is 6.54. The summed E-state index contributed by atoms with van der Waals surface area (Å²) in [4.78, 5) is 21.3. The molecule has 0 atom stereocenters. The van der Waals surface area contributed by atoms with Crippen molar-refractivity contribution in [2.24, 2.45) is 0 Å². The van der Waals surface area contributed by atoms with Crippen molar-refractivity contribution in [2.75, 3.05) is 32.8 Å². The van der Waals surface area contributed by atoms with Gasteiger partial charge >= 0.3 is 0 Å². The molecular weight excluding hydrogens is 717 g/mol. The minimum absolute atomic E-state index is 0.332. The summed E-state index contributed by atoms with van der Waals surface area (Å²) < 4.78 is 18.0. The van der Waals surface area contributed by atoms with Crippen LogP contribution in [0.3, 0.4) is 0 Å². The Hall–Kier alpha value is -4.82. The Balaban J connectivity index is 1.01. The van der Waals surface area contributed by atoms with Gasteiger partial charge in [0, 0.05) is 66.9 Å². The summed E-state index contributed by atoms with van der Waals surface area (Å²) in [7, 11) is 0. The fraction of sp³-hybridized carbons (Fsp3) is 0.289. The van der Waals surface area contributed by atoms with Crippen LogP contribution in [0.2, 0.25) is 10.0 Å². The molecule has 0 amide bonds. The van der Waals surface area contributed by atoms with Crippen LogP contribution in [-0.2, 0) is 24.4 Å². The number of pyridine rings is 1. The molecule has 0 saturated carbocycles. The number of hydrogen-bond donors (Lipinski definition) is 0. The van der Waals surface area contributed by atoms with Gasteiger partial charge < -0.3 is 19.1 Å². The third-order valence-corrected chi connectivity index (χ3v) is 10.3. The monoisotopic (exact) mass is 763 g/mol. The largest absolute Gasteiger partial charge is 0.493 e. The van der Waals surface area contributed by atoms with E-state index < -0.39 is 0 Å². The number of carbonyl (C=O) groups excluding carboxylic acids is 1. The van der Waals surface area contributed by atoms with E-state index >= 15 is 0 Å². The minimum Gasteiger partial charge on any atom is -0.493 e. The van der Waals surface area contributed by atoms with Crippen molar-refractivity contribution in [2.45, 2.75) is 53.2 Å². The zero-order valence-electron chi connectivity index (χ0n) is 31.4. The quantitative estimate of drug-likeness (QED) is 0.0777. The van der Waals surface area contributed by atoms with Crippen LogP contribution in [0.4, 0.5) is 0 Å². The minimum atomic E-state index is 0.332. The summed E-state index contributed by atoms with van der Waals surface area (Å²) in [5, 5.41) is 1.10. The van der Waals surface area contributed by atoms with Crippen LogP contribution in [0.5, 0.6) is 23.1 Å². The van der Waals surface area contributed by atoms with E-state index in [0.717, 1.165) is 73.6 Å². The number of aldehydes is 1. The molecule has 280 valence electrons. The molecular formula is C45H47Cl2N3O4. The number of aryl methyl sites for hydroxylation is 1. The highest BCUT2D eigenvalue weighted by Crippen LogP contribution is 2.37. The van der Waals surface area contributed by atoms with E-state index in [1.54, 1.807) is 18.3 Å². The smallest absolute Gasteiger partial charge is 0.219 e. The van der Waals surface area contributed by atoms with Gasteiger partial charge in [-0.2, -0.15) is 0 Å². The van der Waals surface area contributed by atoms with Crippen LogP contribution in [0.25, 0.3) is 5.70 Å². The van der Waals surface area contributed by atoms with Gasteiger partial charge in [0.15, 0.2) is 5.75 Å². The molecule has 2 heterocycles. The lowest BCUT2D eigenvalue weighted by Crippen LogP contribution is -2.45. The third-order valence-electron chi connectivity index (χ3n) is 9.64. The highest BCUT2D eigenvalue weighted by atomic mass is 35.5. The lowest BCUT2D eigenvalue weighted by atomic mass is 10.0. The van der Waals surface area contributed by atoms with Crippen molar-refractivity contribution in [3.8, 4) is 23.1 Å². The molecule has 1 aliphatic rings. The summed E-state index contributed by atoms with van der Waals surface area (Å²) in [5.41, 5.74) is 8.02. The van der Waals surface area contributed by atoms with Gasteiger partial charge in [0.1, 0.15) is 24.4 Å². The van der Waals surface area contributed by atoms with Crippen molar-refractivity contribution in [1.82, 2.24) is 14.8 Å². The Bertz CT molecular complexity index is 2020. The summed E-state index contributed by atoms with van der Waals surface area (Å²) in [6.45, 7) is 13.4. The molecule has 0 N–H and O–H groups in total. The fourth-order valence-corrected chi connectivity index (χ4v) is 7.04. The Morgan fingerprint density at radius 3 is 2.19 bits per heavy atom. The molecule has 0 spiro atoms. The summed E-state index contributed by atoms with van der Waals surface area (Å²) in [6, 6.07) is 32.2. The van der Waals surface area contributed by atoms with Crippen LogP contribution in [-0.4, -0.2) is 53.9 Å². The van der Waals surface area contributed by atoms with E-state index in [-0.39, 0.29) is 0 Å². The van der Waals surface area contributed by atoms with Crippen LogP contribution < -0.4 is 14.2 Å². The zero-order valence-corrected chi connectivity index (χ0v) is 32.9. The topological polar surface area (TPSA) is 64.1 Å². The van der Waals surface area contributed by atoms with Crippen molar-refractivity contribution >= 4 is 35.2 Å². The maximum atomic E-state index is 12.1. The molecule has 4 aromatic carbocycles. The van der Waals surface area contributed by atoms with Gasteiger partial charge in [-0.05, 0) is 78.4 Å². The highest BCUT2D eigenvalue weighted by molar-refractivity contribution is 6.32. The molecule has 0 aliphatic carbocycles. The number of piperazine rings is 1. The second-order valence-corrected chi connectivity index (χ2v) is 14.8. The number of allylic oxidation sites excluding steroid dienone is 1. The summed E-state index contributed by atoms with van der Waals surface area (Å²) >= 11 is 13.1. The van der Waals surface area contributed by atoms with E-state index in [9.17, 15) is 4.79 Å². The molecule has 6 rings (SSSR count). The number of aromatic nitrogens is 1. The first-order valence-corrected chi connectivity index (χ1v) is 19.2. The molecule has 0 bridgehead atoms. The Kier molecular flexibility index (Phi) is 13.3. The van der Waals surface area contributed by atoms with Crippen molar-refractivity contribution in [3.05, 3.63) is 152 Å². The van der Waals surface area contributed by atoms with Gasteiger partial charge in [-0.15, -0.1) is 0 Å². The summed E-state index contributed by atoms with van der Waals surface area (Å²) in [5.74, 6) is 2.92. The highest BCUT2D eigenvalue weighted by Gasteiger charge is 2.23. The van der Waals surface area contributed by atoms with Crippen molar-refractivity contribution in [1.29, 1.82) is 0 Å². The first-order valence-electron chi connectivity index (χ1n) is 18.4. The van der Waals surface area contributed by atoms with Gasteiger partial charge in [-0.25, -0.2) is 4.98 Å². The van der Waals surface area contributed by atoms with Gasteiger partial charge in [-0.3, -0.25) is 9.69 Å². The standard InChI is InChI=1S/C45H47Cl2N3O4/c1-31(2)36-13-15-39(16-14-36)52-24-19-34-9-11-35(12-10-34)28-49-20-22-50(23-21-49)44(33(4)29-51)38-25-32(3)45(42(47)26-38)54-43-18-17-40(27-48-43)53-30-37-7-5-6-8-41(37)46/h5-18,25-27,29,31H,19-24,28,30H2,1-4H3/b44-33+. The number of carbonyl (C=O) groups is 1. The molecule has 0 unspecified atom stereocenters. The van der Waals surface area contributed by atoms with E-state index in [0.29, 0.717) is 52.1 Å². The normalized spacial score (nSPS) is 13.8. The average Bonchev–Trinajstić information content (AvgIpc) is 3.18. The number of rotatable bonds is 15. The predicted molar refractivity (Wildman–Crippen MR) is 218 cm³/mol. The first-order chi connectivity index (χ1) is 26.2. The molecule has 1 aliphatic heterocycles. The molecule has 5 aromatic rings. The third kappa shape index (κ3) is 10.2. The van der Waals surface area contributed by atoms with Gasteiger partial charge in [0.05, 0.1) is 23.5 Å². The Morgan fingerprint density at radius 1 is 0.833 bits per heavy atom. The first kappa shape index (κ1) is 38.9. The van der Waals surface area contributed by atoms with Crippen LogP contribution in [0.15, 0.2) is 109 Å². The van der Waals surface area contributed by atoms with Gasteiger partial charge in [0.2, 0.25) is 5.88 Å². The maximum absolute atomic E-state index is 12.1. The van der Waals surface area contributed by atoms with E-state index in [2.05, 4.69) is 77.2 Å². The maximum Gasteiger partial charge on any atom is 0.219 e. The molecule has 1 saturated heterocycles. The molecule has 1 aromatic heterocycles. The number of halogens is 2. The molecule has 0 radical (unpaired) electrons. The van der Waals surface area contributed by atoms with E-state index in [1.807, 2.05) is 50.2 Å². The Morgan fingerprint density at radius 2 is 1.54 bits per heavy atom. The lowest BCUT2D eigenvalue weighted by molar-refractivity contribution is -0.104. The average molecular weight is 765 g/mol. The zero-order chi connectivity index (χ0) is 38.0. The molecule has 54 heavy (non-hydrogen) atoms. The van der Waals surface area contributed by atoms with Gasteiger partial charge in [0.25, 0.3) is 0 Å². The van der Waals surface area contributed by atoms with Crippen molar-refractivity contribution in [3.63, 3.8) is 0 Å². The second kappa shape index (κ2) is 18.5. The lowest BCUT2D eigenvalue weighted by Gasteiger charge is -2.38. The van der Waals surface area contributed by atoms with Crippen LogP contribution in [0, 0.1) is 6.92 Å². The number of benzene rings is 4. The molecule has 7 nitrogen and oxygen atoms in total. The number of ether oxygens (including phenoxy) is 3. The second-order valence-electron chi connectivity index (χ2n) is 14.0. The number of nitrogens with zero attached hydrogens (tertiary/aromatic N) is 3. The Labute approximate surface area is 329 Å². The predicted octanol–water partition coefficient (Wildman–Crippen LogP) is 10.6. The van der Waals surface area contributed by atoms with Crippen molar-refractivity contribution < 1.29 is 19.0 Å². The SMILES string of the molecule is C/C(C=O)=C(/c1cc(C)c(Oc2ccc(OCc3ccccc3Cl)cn2)c(Cl)c1)N1CCN(Cc2ccc(CCOc3ccc(C(C)C)cc3)cc2)CC1. The molecule has 9 heteroatoms. The summed E-state index contributed by atoms with van der Waals surface area (Å²) in [6.07, 6.45) is 3.39. The van der Waals surface area contributed by atoms with E-state index in [4.69, 9.17) is 37.4 Å². The number of hydrogen-bond acceptors (Lipinski definition) is 7. The van der Waals surface area contributed by atoms with Crippen LogP contribution in [0.1, 0.15) is 60.1 Å². The van der Waals surface area contributed by atoms with Crippen LogP contribution >= 0.6 is 23.2 Å². The van der Waals surface area contributed by atoms with Gasteiger partial charge in [-0.1, -0.05) is 91.6 Å².